The molecule has 2 aliphatic carbocycles. The fourth-order valence-corrected chi connectivity index (χ4v) is 3.94. The van der Waals surface area contributed by atoms with Crippen LogP contribution in [0.3, 0.4) is 0 Å². The minimum Gasteiger partial charge on any atom is -0.463 e. The summed E-state index contributed by atoms with van der Waals surface area (Å²) in [5.74, 6) is 0.0304. The highest BCUT2D eigenvalue weighted by Crippen LogP contribution is 2.57. The predicted octanol–water partition coefficient (Wildman–Crippen LogP) is 2.96. The molecule has 0 unspecified atom stereocenters. The van der Waals surface area contributed by atoms with Gasteiger partial charge in [-0.15, -0.1) is 0 Å². The summed E-state index contributed by atoms with van der Waals surface area (Å²) in [6.07, 6.45) is 3.41. The Bertz CT molecular complexity index is 746. The zero-order chi connectivity index (χ0) is 15.5. The molecular weight excluding hydrogens is 280 g/mol. The van der Waals surface area contributed by atoms with Crippen LogP contribution in [0.4, 0.5) is 0 Å². The van der Waals surface area contributed by atoms with Crippen LogP contribution >= 0.6 is 0 Å². The van der Waals surface area contributed by atoms with Crippen molar-refractivity contribution in [2.45, 2.75) is 25.6 Å². The molecule has 22 heavy (non-hydrogen) atoms. The van der Waals surface area contributed by atoms with E-state index in [0.29, 0.717) is 5.90 Å². The van der Waals surface area contributed by atoms with Gasteiger partial charge in [0.25, 0.3) is 0 Å². The fraction of sp³-hybridized carbons (Fsp3) is 0.353. The number of nitrogens with zero attached hydrogens (tertiary/aromatic N) is 2. The van der Waals surface area contributed by atoms with Gasteiger partial charge in [0, 0.05) is 11.5 Å². The molecule has 0 saturated heterocycles. The number of rotatable bonds is 2. The summed E-state index contributed by atoms with van der Waals surface area (Å²) in [5, 5.41) is 11.9. The van der Waals surface area contributed by atoms with Crippen molar-refractivity contribution in [3.05, 3.63) is 69.3 Å². The molecular formula is C17H16N2O3. The van der Waals surface area contributed by atoms with Gasteiger partial charge < -0.3 is 4.74 Å². The quantitative estimate of drug-likeness (QED) is 0.479. The Hall–Kier alpha value is -2.43. The molecule has 0 amide bonds. The minimum atomic E-state index is -1.41. The third-order valence-corrected chi connectivity index (χ3v) is 4.82. The van der Waals surface area contributed by atoms with Crippen molar-refractivity contribution in [3.63, 3.8) is 0 Å². The summed E-state index contributed by atoms with van der Waals surface area (Å²) in [4.78, 5) is 16.1. The molecule has 0 aromatic heterocycles. The van der Waals surface area contributed by atoms with Gasteiger partial charge in [-0.1, -0.05) is 35.9 Å². The van der Waals surface area contributed by atoms with Gasteiger partial charge in [-0.3, -0.25) is 10.1 Å². The molecule has 1 aromatic carbocycles. The van der Waals surface area contributed by atoms with Crippen LogP contribution in [0.15, 0.2) is 58.6 Å². The average Bonchev–Trinajstić information content (AvgIpc) is 3.16. The van der Waals surface area contributed by atoms with E-state index >= 15 is 0 Å². The lowest BCUT2D eigenvalue weighted by molar-refractivity contribution is -0.579. The molecule has 112 valence electrons. The van der Waals surface area contributed by atoms with Crippen LogP contribution < -0.4 is 0 Å². The molecule has 1 saturated carbocycles. The highest BCUT2D eigenvalue weighted by Gasteiger charge is 2.73. The molecule has 1 aliphatic heterocycles. The second-order valence-corrected chi connectivity index (χ2v) is 6.21. The summed E-state index contributed by atoms with van der Waals surface area (Å²) in [7, 11) is 0. The van der Waals surface area contributed by atoms with Gasteiger partial charge in [0.15, 0.2) is 0 Å². The Morgan fingerprint density at radius 1 is 1.27 bits per heavy atom. The molecule has 1 heterocycles. The number of ether oxygens (including phenoxy) is 1. The Morgan fingerprint density at radius 2 is 2.00 bits per heavy atom. The van der Waals surface area contributed by atoms with Gasteiger partial charge in [0.2, 0.25) is 12.0 Å². The minimum absolute atomic E-state index is 0.0506. The van der Waals surface area contributed by atoms with E-state index in [2.05, 4.69) is 4.99 Å². The van der Waals surface area contributed by atoms with Crippen LogP contribution in [-0.2, 0) is 4.74 Å². The number of hydrogen-bond acceptors (Lipinski definition) is 4. The van der Waals surface area contributed by atoms with E-state index in [1.165, 1.54) is 0 Å². The second kappa shape index (κ2) is 4.29. The summed E-state index contributed by atoms with van der Waals surface area (Å²) >= 11 is 0. The first-order valence-corrected chi connectivity index (χ1v) is 7.37. The number of fused-ring (bicyclic) bond motifs is 5. The molecule has 0 N–H and O–H groups in total. The highest BCUT2D eigenvalue weighted by molar-refractivity contribution is 5.96. The van der Waals surface area contributed by atoms with E-state index in [1.54, 1.807) is 0 Å². The van der Waals surface area contributed by atoms with Crippen molar-refractivity contribution in [1.82, 2.24) is 0 Å². The van der Waals surface area contributed by atoms with E-state index in [1.807, 2.05) is 56.3 Å². The average molecular weight is 296 g/mol. The molecule has 0 radical (unpaired) electrons. The topological polar surface area (TPSA) is 64.7 Å². The first-order valence-electron chi connectivity index (χ1n) is 7.37. The normalized spacial score (nSPS) is 34.4. The standard InChI is InChI=1S/C17H16N2O3/c1-10(2)14-12-8-9-13(14)17(19(20)21)15(12)22-16(18-17)11-6-4-3-5-7-11/h3-9,12-13,15H,1-2H3/t12-,13+,15+,17+/m0/s1. The lowest BCUT2D eigenvalue weighted by Crippen LogP contribution is -2.48. The van der Waals surface area contributed by atoms with E-state index < -0.39 is 11.8 Å². The lowest BCUT2D eigenvalue weighted by atomic mass is 9.92. The Labute approximate surface area is 128 Å². The first-order chi connectivity index (χ1) is 10.6. The largest absolute Gasteiger partial charge is 0.463 e. The smallest absolute Gasteiger partial charge is 0.363 e. The van der Waals surface area contributed by atoms with Crippen molar-refractivity contribution >= 4 is 5.90 Å². The Balaban J connectivity index is 1.87. The van der Waals surface area contributed by atoms with Crippen molar-refractivity contribution in [2.75, 3.05) is 0 Å². The SMILES string of the molecule is CC(C)=C1[C@H]2C=C[C@@H]1[C@H]1OC(c3ccccc3)=N[C@@]21[N+](=O)[O-]. The molecule has 4 rings (SSSR count). The van der Waals surface area contributed by atoms with Crippen LogP contribution in [0.25, 0.3) is 0 Å². The van der Waals surface area contributed by atoms with Crippen LogP contribution in [-0.4, -0.2) is 22.6 Å². The number of nitro groups is 1. The molecule has 5 nitrogen and oxygen atoms in total. The van der Waals surface area contributed by atoms with E-state index in [9.17, 15) is 10.1 Å². The van der Waals surface area contributed by atoms with E-state index in [-0.39, 0.29) is 16.8 Å². The number of aliphatic imine (C=N–C) groups is 1. The molecule has 4 atom stereocenters. The van der Waals surface area contributed by atoms with Crippen molar-refractivity contribution in [3.8, 4) is 0 Å². The van der Waals surface area contributed by atoms with Crippen molar-refractivity contribution < 1.29 is 9.66 Å². The molecule has 5 heteroatoms. The predicted molar refractivity (Wildman–Crippen MR) is 82.1 cm³/mol. The summed E-state index contributed by atoms with van der Waals surface area (Å²) in [6, 6.07) is 9.38. The van der Waals surface area contributed by atoms with Gasteiger partial charge in [-0.05, 0) is 31.6 Å². The first kappa shape index (κ1) is 13.2. The molecule has 0 spiro atoms. The van der Waals surface area contributed by atoms with Gasteiger partial charge in [-0.25, -0.2) is 0 Å². The summed E-state index contributed by atoms with van der Waals surface area (Å²) in [6.45, 7) is 4.00. The van der Waals surface area contributed by atoms with Crippen LogP contribution in [0, 0.1) is 22.0 Å². The Kier molecular flexibility index (Phi) is 2.58. The lowest BCUT2D eigenvalue weighted by Gasteiger charge is -2.23. The third kappa shape index (κ3) is 1.46. The Morgan fingerprint density at radius 3 is 2.59 bits per heavy atom. The van der Waals surface area contributed by atoms with Gasteiger partial charge in [0.1, 0.15) is 0 Å². The highest BCUT2D eigenvalue weighted by atomic mass is 16.6. The number of allylic oxidation sites excluding steroid dienone is 1. The van der Waals surface area contributed by atoms with Crippen LogP contribution in [0.1, 0.15) is 19.4 Å². The van der Waals surface area contributed by atoms with Crippen molar-refractivity contribution in [2.24, 2.45) is 16.8 Å². The molecule has 3 aliphatic rings. The molecule has 1 fully saturated rings. The van der Waals surface area contributed by atoms with Gasteiger partial charge in [0.05, 0.1) is 10.8 Å². The summed E-state index contributed by atoms with van der Waals surface area (Å²) < 4.78 is 5.97. The van der Waals surface area contributed by atoms with E-state index in [0.717, 1.165) is 16.7 Å². The molecule has 1 aromatic rings. The zero-order valence-corrected chi connectivity index (χ0v) is 12.4. The third-order valence-electron chi connectivity index (χ3n) is 4.82. The maximum absolute atomic E-state index is 11.9. The number of hydrogen-bond donors (Lipinski definition) is 0. The number of benzene rings is 1. The van der Waals surface area contributed by atoms with E-state index in [4.69, 9.17) is 4.74 Å². The van der Waals surface area contributed by atoms with Gasteiger partial charge in [-0.2, -0.15) is 4.99 Å². The maximum atomic E-state index is 11.9. The van der Waals surface area contributed by atoms with Gasteiger partial charge >= 0.3 is 5.66 Å². The monoisotopic (exact) mass is 296 g/mol. The maximum Gasteiger partial charge on any atom is 0.363 e. The van der Waals surface area contributed by atoms with Crippen molar-refractivity contribution in [1.29, 1.82) is 0 Å². The molecule has 2 bridgehead atoms. The second-order valence-electron chi connectivity index (χ2n) is 6.21. The summed E-state index contributed by atoms with van der Waals surface area (Å²) in [5.41, 5.74) is 1.60. The fourth-order valence-electron chi connectivity index (χ4n) is 3.94. The zero-order valence-electron chi connectivity index (χ0n) is 12.4. The van der Waals surface area contributed by atoms with Crippen LogP contribution in [0.5, 0.6) is 0 Å². The van der Waals surface area contributed by atoms with Crippen LogP contribution in [0.2, 0.25) is 0 Å².